The van der Waals surface area contributed by atoms with Crippen LogP contribution in [0.5, 0.6) is 5.75 Å². The first-order valence-electron chi connectivity index (χ1n) is 11.1. The molecular formula is C26H28N2O3S. The van der Waals surface area contributed by atoms with E-state index < -0.39 is 0 Å². The molecule has 0 fully saturated rings. The van der Waals surface area contributed by atoms with Gasteiger partial charge in [0.15, 0.2) is 0 Å². The smallest absolute Gasteiger partial charge is 0.258 e. The highest BCUT2D eigenvalue weighted by atomic mass is 32.1. The van der Waals surface area contributed by atoms with Crippen LogP contribution in [-0.4, -0.2) is 18.4 Å². The molecule has 32 heavy (non-hydrogen) atoms. The van der Waals surface area contributed by atoms with Crippen molar-refractivity contribution in [2.24, 2.45) is 5.92 Å². The van der Waals surface area contributed by atoms with Crippen molar-refractivity contribution in [2.75, 3.05) is 17.2 Å². The van der Waals surface area contributed by atoms with Gasteiger partial charge in [0.1, 0.15) is 10.8 Å². The molecule has 3 aromatic rings. The van der Waals surface area contributed by atoms with Crippen molar-refractivity contribution in [1.82, 2.24) is 0 Å². The molecular weight excluding hydrogens is 420 g/mol. The van der Waals surface area contributed by atoms with E-state index in [2.05, 4.69) is 17.6 Å². The van der Waals surface area contributed by atoms with Crippen molar-refractivity contribution in [2.45, 2.75) is 39.5 Å². The molecule has 1 unspecified atom stereocenters. The van der Waals surface area contributed by atoms with Crippen molar-refractivity contribution in [3.63, 3.8) is 0 Å². The lowest BCUT2D eigenvalue weighted by atomic mass is 9.88. The fourth-order valence-electron chi connectivity index (χ4n) is 4.03. The number of rotatable bonds is 7. The molecule has 1 heterocycles. The van der Waals surface area contributed by atoms with Gasteiger partial charge in [-0.3, -0.25) is 9.59 Å². The standard InChI is InChI=1S/C26H28N2O3S/c1-3-31-20-12-10-19(11-13-20)27-25(30)24-21-14-9-17(2)15-22(21)32-26(24)28-23(29)16-18-7-5-4-6-8-18/h4-8,10-13,17H,3,9,14-16H2,1-2H3,(H,27,30)(H,28,29). The van der Waals surface area contributed by atoms with E-state index in [1.807, 2.05) is 61.5 Å². The summed E-state index contributed by atoms with van der Waals surface area (Å²) in [5, 5.41) is 6.67. The summed E-state index contributed by atoms with van der Waals surface area (Å²) in [5.74, 6) is 1.05. The van der Waals surface area contributed by atoms with Crippen molar-refractivity contribution in [3.8, 4) is 5.75 Å². The minimum atomic E-state index is -0.184. The molecule has 6 heteroatoms. The Bertz CT molecular complexity index is 1090. The summed E-state index contributed by atoms with van der Waals surface area (Å²) in [6.07, 6.45) is 3.12. The van der Waals surface area contributed by atoms with Crippen LogP contribution in [0.4, 0.5) is 10.7 Å². The fourth-order valence-corrected chi connectivity index (χ4v) is 5.45. The number of hydrogen-bond donors (Lipinski definition) is 2. The van der Waals surface area contributed by atoms with Gasteiger partial charge in [0.25, 0.3) is 5.91 Å². The van der Waals surface area contributed by atoms with E-state index in [0.29, 0.717) is 28.8 Å². The zero-order valence-corrected chi connectivity index (χ0v) is 19.3. The van der Waals surface area contributed by atoms with E-state index in [9.17, 15) is 9.59 Å². The topological polar surface area (TPSA) is 67.4 Å². The Morgan fingerprint density at radius 3 is 2.53 bits per heavy atom. The number of amides is 2. The van der Waals surface area contributed by atoms with Gasteiger partial charge >= 0.3 is 0 Å². The molecule has 2 N–H and O–H groups in total. The van der Waals surface area contributed by atoms with Crippen LogP contribution in [0.15, 0.2) is 54.6 Å². The maximum atomic E-state index is 13.3. The first-order chi connectivity index (χ1) is 15.5. The third-order valence-electron chi connectivity index (χ3n) is 5.62. The van der Waals surface area contributed by atoms with E-state index in [0.717, 1.165) is 36.1 Å². The highest BCUT2D eigenvalue weighted by molar-refractivity contribution is 7.17. The molecule has 166 valence electrons. The van der Waals surface area contributed by atoms with E-state index in [4.69, 9.17) is 4.74 Å². The van der Waals surface area contributed by atoms with Crippen LogP contribution in [0.3, 0.4) is 0 Å². The predicted molar refractivity (Wildman–Crippen MR) is 130 cm³/mol. The predicted octanol–water partition coefficient (Wildman–Crippen LogP) is 5.71. The van der Waals surface area contributed by atoms with Crippen molar-refractivity contribution < 1.29 is 14.3 Å². The highest BCUT2D eigenvalue weighted by Crippen LogP contribution is 2.40. The van der Waals surface area contributed by atoms with Gasteiger partial charge in [0.2, 0.25) is 5.91 Å². The second-order valence-electron chi connectivity index (χ2n) is 8.18. The SMILES string of the molecule is CCOc1ccc(NC(=O)c2c(NC(=O)Cc3ccccc3)sc3c2CCC(C)C3)cc1. The molecule has 5 nitrogen and oxygen atoms in total. The largest absolute Gasteiger partial charge is 0.494 e. The molecule has 1 atom stereocenters. The van der Waals surface area contributed by atoms with Crippen LogP contribution in [0.25, 0.3) is 0 Å². The summed E-state index contributed by atoms with van der Waals surface area (Å²) in [4.78, 5) is 27.3. The Kier molecular flexibility index (Phi) is 6.90. The molecule has 1 aliphatic rings. The van der Waals surface area contributed by atoms with Gasteiger partial charge in [-0.2, -0.15) is 0 Å². The van der Waals surface area contributed by atoms with Gasteiger partial charge in [-0.05, 0) is 67.5 Å². The second-order valence-corrected chi connectivity index (χ2v) is 9.28. The summed E-state index contributed by atoms with van der Waals surface area (Å²) in [6.45, 7) is 4.76. The number of thiophene rings is 1. The Morgan fingerprint density at radius 2 is 1.81 bits per heavy atom. The van der Waals surface area contributed by atoms with E-state index >= 15 is 0 Å². The zero-order chi connectivity index (χ0) is 22.5. The molecule has 0 saturated carbocycles. The Labute approximate surface area is 192 Å². The quantitative estimate of drug-likeness (QED) is 0.487. The fraction of sp³-hybridized carbons (Fsp3) is 0.308. The van der Waals surface area contributed by atoms with Gasteiger partial charge < -0.3 is 15.4 Å². The number of carbonyl (C=O) groups is 2. The van der Waals surface area contributed by atoms with Crippen LogP contribution in [-0.2, 0) is 24.1 Å². The molecule has 0 spiro atoms. The lowest BCUT2D eigenvalue weighted by Crippen LogP contribution is -2.20. The third kappa shape index (κ3) is 5.19. The molecule has 4 rings (SSSR count). The summed E-state index contributed by atoms with van der Waals surface area (Å²) in [6, 6.07) is 17.0. The Balaban J connectivity index is 1.56. The molecule has 0 saturated heterocycles. The maximum absolute atomic E-state index is 13.3. The minimum Gasteiger partial charge on any atom is -0.494 e. The molecule has 2 amide bonds. The summed E-state index contributed by atoms with van der Waals surface area (Å²) >= 11 is 1.54. The first-order valence-corrected chi connectivity index (χ1v) is 11.9. The van der Waals surface area contributed by atoms with Gasteiger partial charge in [0.05, 0.1) is 18.6 Å². The third-order valence-corrected chi connectivity index (χ3v) is 6.79. The Morgan fingerprint density at radius 1 is 1.06 bits per heavy atom. The second kappa shape index (κ2) is 10.0. The number of ether oxygens (including phenoxy) is 1. The highest BCUT2D eigenvalue weighted by Gasteiger charge is 2.28. The normalized spacial score (nSPS) is 15.0. The number of benzene rings is 2. The monoisotopic (exact) mass is 448 g/mol. The average molecular weight is 449 g/mol. The van der Waals surface area contributed by atoms with Crippen molar-refractivity contribution in [3.05, 3.63) is 76.2 Å². The average Bonchev–Trinajstić information content (AvgIpc) is 3.12. The zero-order valence-electron chi connectivity index (χ0n) is 18.4. The van der Waals surface area contributed by atoms with Gasteiger partial charge in [0, 0.05) is 10.6 Å². The van der Waals surface area contributed by atoms with Crippen LogP contribution in [0.2, 0.25) is 0 Å². The molecule has 0 aliphatic heterocycles. The first kappa shape index (κ1) is 22.1. The van der Waals surface area contributed by atoms with Crippen LogP contribution in [0, 0.1) is 5.92 Å². The van der Waals surface area contributed by atoms with Gasteiger partial charge in [-0.1, -0.05) is 37.3 Å². The number of fused-ring (bicyclic) bond motifs is 1. The lowest BCUT2D eigenvalue weighted by Gasteiger charge is -2.18. The van der Waals surface area contributed by atoms with Gasteiger partial charge in [-0.25, -0.2) is 0 Å². The maximum Gasteiger partial charge on any atom is 0.258 e. The molecule has 2 aromatic carbocycles. The number of hydrogen-bond acceptors (Lipinski definition) is 4. The van der Waals surface area contributed by atoms with Crippen molar-refractivity contribution in [1.29, 1.82) is 0 Å². The summed E-state index contributed by atoms with van der Waals surface area (Å²) in [5.41, 5.74) is 3.32. The number of anilines is 2. The summed E-state index contributed by atoms with van der Waals surface area (Å²) in [7, 11) is 0. The van der Waals surface area contributed by atoms with Crippen LogP contribution < -0.4 is 15.4 Å². The Hall–Kier alpha value is -3.12. The molecule has 0 bridgehead atoms. The van der Waals surface area contributed by atoms with E-state index in [1.165, 1.54) is 16.2 Å². The molecule has 0 radical (unpaired) electrons. The van der Waals surface area contributed by atoms with Crippen molar-refractivity contribution >= 4 is 33.8 Å². The van der Waals surface area contributed by atoms with Gasteiger partial charge in [-0.15, -0.1) is 11.3 Å². The number of carbonyl (C=O) groups excluding carboxylic acids is 2. The number of nitrogens with one attached hydrogen (secondary N) is 2. The van der Waals surface area contributed by atoms with E-state index in [-0.39, 0.29) is 18.2 Å². The molecule has 1 aliphatic carbocycles. The minimum absolute atomic E-state index is 0.113. The summed E-state index contributed by atoms with van der Waals surface area (Å²) < 4.78 is 5.48. The lowest BCUT2D eigenvalue weighted by molar-refractivity contribution is -0.115. The van der Waals surface area contributed by atoms with Crippen LogP contribution in [0.1, 0.15) is 46.6 Å². The molecule has 1 aromatic heterocycles. The van der Waals surface area contributed by atoms with Crippen LogP contribution >= 0.6 is 11.3 Å². The van der Waals surface area contributed by atoms with E-state index in [1.54, 1.807) is 0 Å².